The van der Waals surface area contributed by atoms with Gasteiger partial charge in [0, 0.05) is 36.8 Å². The average molecular weight is 407 g/mol. The molecule has 0 aromatic heterocycles. The smallest absolute Gasteiger partial charge is 0.277 e. The molecule has 1 heterocycles. The van der Waals surface area contributed by atoms with Crippen LogP contribution in [-0.2, 0) is 11.3 Å². The van der Waals surface area contributed by atoms with Crippen LogP contribution in [0.2, 0.25) is 5.02 Å². The molecule has 0 saturated carbocycles. The number of methoxy groups -OCH3 is 1. The van der Waals surface area contributed by atoms with E-state index >= 15 is 0 Å². The van der Waals surface area contributed by atoms with Crippen molar-refractivity contribution >= 4 is 23.2 Å². The third-order valence-electron chi connectivity index (χ3n) is 5.01. The van der Waals surface area contributed by atoms with Gasteiger partial charge in [-0.05, 0) is 30.3 Å². The van der Waals surface area contributed by atoms with Gasteiger partial charge in [-0.25, -0.2) is 4.39 Å². The molecule has 1 aliphatic rings. The monoisotopic (exact) mass is 406 g/mol. The van der Waals surface area contributed by atoms with Crippen molar-refractivity contribution < 1.29 is 18.8 Å². The fraction of sp³-hybridized carbons (Fsp3) is 0.381. The number of benzene rings is 2. The topological polar surface area (TPSA) is 37.2 Å². The summed E-state index contributed by atoms with van der Waals surface area (Å²) in [7, 11) is 3.61. The first-order valence-corrected chi connectivity index (χ1v) is 9.76. The zero-order valence-electron chi connectivity index (χ0n) is 16.3. The Morgan fingerprint density at radius 1 is 1.18 bits per heavy atom. The van der Waals surface area contributed by atoms with Crippen LogP contribution in [0.3, 0.4) is 0 Å². The van der Waals surface area contributed by atoms with Crippen molar-refractivity contribution in [2.24, 2.45) is 0 Å². The summed E-state index contributed by atoms with van der Waals surface area (Å²) < 4.78 is 19.3. The molecule has 150 valence electrons. The lowest BCUT2D eigenvalue weighted by Crippen LogP contribution is -3.09. The first-order chi connectivity index (χ1) is 13.5. The van der Waals surface area contributed by atoms with Gasteiger partial charge in [-0.2, -0.15) is 0 Å². The van der Waals surface area contributed by atoms with E-state index in [-0.39, 0.29) is 11.7 Å². The Bertz CT molecular complexity index is 825. The Kier molecular flexibility index (Phi) is 6.75. The van der Waals surface area contributed by atoms with Crippen LogP contribution in [0.25, 0.3) is 0 Å². The second-order valence-electron chi connectivity index (χ2n) is 7.09. The number of piperazine rings is 1. The van der Waals surface area contributed by atoms with Gasteiger partial charge in [-0.1, -0.05) is 23.7 Å². The summed E-state index contributed by atoms with van der Waals surface area (Å²) in [5.74, 6) is 0.656. The number of quaternary nitrogens is 1. The van der Waals surface area contributed by atoms with Crippen LogP contribution in [-0.4, -0.2) is 57.7 Å². The molecule has 1 aliphatic heterocycles. The van der Waals surface area contributed by atoms with E-state index in [0.29, 0.717) is 50.0 Å². The minimum atomic E-state index is -0.220. The first-order valence-electron chi connectivity index (χ1n) is 9.39. The number of anilines is 1. The first kappa shape index (κ1) is 20.4. The number of amides is 1. The third-order valence-corrected chi connectivity index (χ3v) is 5.25. The van der Waals surface area contributed by atoms with E-state index in [1.54, 1.807) is 25.3 Å². The van der Waals surface area contributed by atoms with Crippen molar-refractivity contribution in [2.45, 2.75) is 6.54 Å². The number of hydrogen-bond donors (Lipinski definition) is 1. The molecule has 1 saturated heterocycles. The molecule has 0 aliphatic carbocycles. The molecule has 7 heteroatoms. The average Bonchev–Trinajstić information content (AvgIpc) is 2.68. The molecule has 1 amide bonds. The zero-order valence-corrected chi connectivity index (χ0v) is 17.0. The van der Waals surface area contributed by atoms with E-state index in [9.17, 15) is 9.18 Å². The molecule has 0 bridgehead atoms. The lowest BCUT2D eigenvalue weighted by Gasteiger charge is -2.36. The summed E-state index contributed by atoms with van der Waals surface area (Å²) in [6.45, 7) is 3.49. The summed E-state index contributed by atoms with van der Waals surface area (Å²) in [5, 5.41) is 0.652. The maximum atomic E-state index is 14.0. The Labute approximate surface area is 170 Å². The minimum Gasteiger partial charge on any atom is -0.496 e. The van der Waals surface area contributed by atoms with E-state index in [4.69, 9.17) is 16.3 Å². The van der Waals surface area contributed by atoms with E-state index in [0.717, 1.165) is 16.2 Å². The van der Waals surface area contributed by atoms with Gasteiger partial charge in [0.1, 0.15) is 18.1 Å². The van der Waals surface area contributed by atoms with E-state index in [2.05, 4.69) is 0 Å². The molecule has 0 spiro atoms. The highest BCUT2D eigenvalue weighted by atomic mass is 35.5. The van der Waals surface area contributed by atoms with Crippen molar-refractivity contribution in [3.63, 3.8) is 0 Å². The second-order valence-corrected chi connectivity index (χ2v) is 7.52. The number of likely N-dealkylation sites (N-methyl/N-ethyl adjacent to an activating group) is 1. The number of nitrogens with zero attached hydrogens (tertiary/aromatic N) is 2. The largest absolute Gasteiger partial charge is 0.496 e. The number of carbonyl (C=O) groups excluding carboxylic acids is 1. The molecular weight excluding hydrogens is 381 g/mol. The van der Waals surface area contributed by atoms with Gasteiger partial charge in [0.05, 0.1) is 19.8 Å². The number of hydrogen-bond acceptors (Lipinski definition) is 3. The number of halogens is 2. The molecule has 1 atom stereocenters. The Balaban J connectivity index is 1.53. The van der Waals surface area contributed by atoms with Crippen molar-refractivity contribution in [3.05, 3.63) is 58.9 Å². The second kappa shape index (κ2) is 9.26. The van der Waals surface area contributed by atoms with Gasteiger partial charge < -0.3 is 19.4 Å². The van der Waals surface area contributed by atoms with Crippen molar-refractivity contribution in [1.29, 1.82) is 0 Å². The molecule has 5 nitrogen and oxygen atoms in total. The van der Waals surface area contributed by atoms with Gasteiger partial charge in [-0.3, -0.25) is 4.79 Å². The van der Waals surface area contributed by atoms with Gasteiger partial charge in [-0.15, -0.1) is 0 Å². The zero-order chi connectivity index (χ0) is 20.1. The highest BCUT2D eigenvalue weighted by Gasteiger charge is 2.25. The van der Waals surface area contributed by atoms with Crippen LogP contribution in [0.5, 0.6) is 5.75 Å². The fourth-order valence-electron chi connectivity index (χ4n) is 3.55. The number of rotatable bonds is 6. The minimum absolute atomic E-state index is 0.103. The number of ether oxygens (including phenoxy) is 1. The van der Waals surface area contributed by atoms with Crippen molar-refractivity contribution in [2.75, 3.05) is 51.8 Å². The summed E-state index contributed by atoms with van der Waals surface area (Å²) >= 11 is 6.09. The number of para-hydroxylation sites is 1. The maximum Gasteiger partial charge on any atom is 0.277 e. The molecule has 1 fully saturated rings. The van der Waals surface area contributed by atoms with Crippen LogP contribution in [0, 0.1) is 5.82 Å². The summed E-state index contributed by atoms with van der Waals surface area (Å²) in [5.41, 5.74) is 1.58. The molecular formula is C21H26ClFN3O2+. The summed E-state index contributed by atoms with van der Waals surface area (Å²) in [6.07, 6.45) is 0. The fourth-order valence-corrected chi connectivity index (χ4v) is 3.74. The van der Waals surface area contributed by atoms with Crippen LogP contribution in [0.1, 0.15) is 5.56 Å². The van der Waals surface area contributed by atoms with Crippen LogP contribution in [0.4, 0.5) is 10.1 Å². The summed E-state index contributed by atoms with van der Waals surface area (Å²) in [4.78, 5) is 17.6. The quantitative estimate of drug-likeness (QED) is 0.795. The SMILES string of the molecule is COc1ccc(Cl)cc1C[NH+](C)CC(=O)N1CCN(c2ccccc2F)CC1. The lowest BCUT2D eigenvalue weighted by molar-refractivity contribution is -0.885. The molecule has 28 heavy (non-hydrogen) atoms. The Morgan fingerprint density at radius 3 is 2.57 bits per heavy atom. The molecule has 3 rings (SSSR count). The van der Waals surface area contributed by atoms with Crippen LogP contribution >= 0.6 is 11.6 Å². The standard InChI is InChI=1S/C21H25ClFN3O2/c1-24(14-16-13-17(22)7-8-20(16)28-2)15-21(27)26-11-9-25(10-12-26)19-6-4-3-5-18(19)23/h3-8,13H,9-12,14-15H2,1-2H3/p+1. The number of nitrogens with one attached hydrogen (secondary N) is 1. The van der Waals surface area contributed by atoms with Crippen LogP contribution < -0.4 is 14.5 Å². The normalized spacial score (nSPS) is 15.4. The highest BCUT2D eigenvalue weighted by Crippen LogP contribution is 2.22. The van der Waals surface area contributed by atoms with Gasteiger partial charge in [0.2, 0.25) is 0 Å². The van der Waals surface area contributed by atoms with E-state index in [1.165, 1.54) is 6.07 Å². The van der Waals surface area contributed by atoms with E-state index < -0.39 is 0 Å². The summed E-state index contributed by atoms with van der Waals surface area (Å²) in [6, 6.07) is 12.3. The van der Waals surface area contributed by atoms with E-state index in [1.807, 2.05) is 35.0 Å². The Morgan fingerprint density at radius 2 is 1.89 bits per heavy atom. The third kappa shape index (κ3) is 4.94. The molecule has 1 unspecified atom stereocenters. The predicted molar refractivity (Wildman–Crippen MR) is 109 cm³/mol. The van der Waals surface area contributed by atoms with Crippen molar-refractivity contribution in [3.8, 4) is 5.75 Å². The van der Waals surface area contributed by atoms with Gasteiger partial charge >= 0.3 is 0 Å². The molecule has 2 aromatic carbocycles. The van der Waals surface area contributed by atoms with Crippen LogP contribution in [0.15, 0.2) is 42.5 Å². The Hall–Kier alpha value is -2.31. The maximum absolute atomic E-state index is 14.0. The van der Waals surface area contributed by atoms with Crippen molar-refractivity contribution in [1.82, 2.24) is 4.90 Å². The van der Waals surface area contributed by atoms with Gasteiger partial charge in [0.25, 0.3) is 5.91 Å². The number of carbonyl (C=O) groups is 1. The molecule has 1 N–H and O–H groups in total. The van der Waals surface area contributed by atoms with Gasteiger partial charge in [0.15, 0.2) is 6.54 Å². The highest BCUT2D eigenvalue weighted by molar-refractivity contribution is 6.30. The lowest BCUT2D eigenvalue weighted by atomic mass is 10.2. The molecule has 0 radical (unpaired) electrons. The molecule has 2 aromatic rings. The predicted octanol–water partition coefficient (Wildman–Crippen LogP) is 1.85.